The zero-order valence-electron chi connectivity index (χ0n) is 33.7. The van der Waals surface area contributed by atoms with E-state index in [1.807, 2.05) is 32.7 Å². The van der Waals surface area contributed by atoms with E-state index in [4.69, 9.17) is 9.72 Å². The van der Waals surface area contributed by atoms with Crippen LogP contribution in [0.4, 0.5) is 0 Å². The topological polar surface area (TPSA) is 161 Å². The van der Waals surface area contributed by atoms with Crippen LogP contribution in [-0.4, -0.2) is 99.6 Å². The summed E-state index contributed by atoms with van der Waals surface area (Å²) in [6.07, 6.45) is 5.67. The fourth-order valence-electron chi connectivity index (χ4n) is 7.11. The Hall–Kier alpha value is -3.55. The number of thiazole rings is 1. The fourth-order valence-corrected chi connectivity index (χ4v) is 7.97. The van der Waals surface area contributed by atoms with E-state index in [0.717, 1.165) is 50.6 Å². The number of nitrogens with one attached hydrogen (secondary N) is 2. The summed E-state index contributed by atoms with van der Waals surface area (Å²) in [5.41, 5.74) is 1.07. The SMILES string of the molecule is CCCO[C@H](C[C@H](C(C)C)N(CCC)C(=O)[C@@H](NC(=O)[C@H]1CCCCN1C)C(C)CC)c1nc(C(=O)N[C@@H](Cc2ccc(O)cc2)C[C@H](C)C(=O)O)cs1. The summed E-state index contributed by atoms with van der Waals surface area (Å²) in [5, 5.41) is 27.8. The Morgan fingerprint density at radius 3 is 2.31 bits per heavy atom. The van der Waals surface area contributed by atoms with Crippen molar-refractivity contribution in [1.82, 2.24) is 25.4 Å². The Morgan fingerprint density at radius 2 is 1.72 bits per heavy atom. The van der Waals surface area contributed by atoms with Crippen LogP contribution < -0.4 is 10.6 Å². The van der Waals surface area contributed by atoms with Crippen molar-refractivity contribution in [3.05, 3.63) is 45.9 Å². The van der Waals surface area contributed by atoms with Crippen molar-refractivity contribution in [1.29, 1.82) is 0 Å². The summed E-state index contributed by atoms with van der Waals surface area (Å²) in [6.45, 7) is 15.8. The molecule has 1 aromatic carbocycles. The summed E-state index contributed by atoms with van der Waals surface area (Å²) in [4.78, 5) is 62.3. The van der Waals surface area contributed by atoms with Gasteiger partial charge in [-0.2, -0.15) is 0 Å². The van der Waals surface area contributed by atoms with Gasteiger partial charge in [-0.25, -0.2) is 4.98 Å². The number of likely N-dealkylation sites (tertiary alicyclic amines) is 1. The molecule has 0 radical (unpaired) electrons. The van der Waals surface area contributed by atoms with Crippen molar-refractivity contribution < 1.29 is 34.1 Å². The Bertz CT molecular complexity index is 1480. The van der Waals surface area contributed by atoms with E-state index in [0.29, 0.717) is 31.0 Å². The monoisotopic (exact) mass is 771 g/mol. The number of phenols is 1. The lowest BCUT2D eigenvalue weighted by molar-refractivity contribution is -0.143. The number of nitrogens with zero attached hydrogens (tertiary/aromatic N) is 3. The van der Waals surface area contributed by atoms with E-state index in [9.17, 15) is 29.4 Å². The number of carboxylic acid groups (broad SMARTS) is 1. The average molecular weight is 772 g/mol. The molecule has 3 rings (SSSR count). The molecular weight excluding hydrogens is 707 g/mol. The number of likely N-dealkylation sites (N-methyl/N-ethyl adjacent to an activating group) is 1. The van der Waals surface area contributed by atoms with Gasteiger partial charge < -0.3 is 30.5 Å². The Kier molecular flexibility index (Phi) is 18.4. The van der Waals surface area contributed by atoms with Crippen LogP contribution in [-0.2, 0) is 25.5 Å². The maximum Gasteiger partial charge on any atom is 0.306 e. The van der Waals surface area contributed by atoms with E-state index in [1.165, 1.54) is 11.3 Å². The van der Waals surface area contributed by atoms with Crippen LogP contribution in [0.3, 0.4) is 0 Å². The van der Waals surface area contributed by atoms with Crippen molar-refractivity contribution in [2.45, 2.75) is 137 Å². The minimum absolute atomic E-state index is 0.0607. The van der Waals surface area contributed by atoms with Crippen LogP contribution in [0, 0.1) is 17.8 Å². The smallest absolute Gasteiger partial charge is 0.306 e. The predicted octanol–water partition coefficient (Wildman–Crippen LogP) is 6.44. The standard InChI is InChI=1S/C41H65N5O7S/c1-9-19-46(40(50)36(27(6)11-3)44-38(49)33-14-12-13-20-45(33)8)34(26(4)5)24-35(53-21-10-2)39-43-32(25-54-39)37(48)42-30(22-28(7)41(51)52)23-29-15-17-31(47)18-16-29/h15-18,25-28,30,33-36,47H,9-14,19-24H2,1-8H3,(H,42,48)(H,44,49)(H,51,52)/t27?,28-,30+,33+,34+,35+,36-/m0/s1. The molecule has 1 aromatic heterocycles. The first-order valence-electron chi connectivity index (χ1n) is 19.9. The number of hydrogen-bond donors (Lipinski definition) is 4. The molecule has 302 valence electrons. The number of ether oxygens (including phenoxy) is 1. The van der Waals surface area contributed by atoms with Crippen molar-refractivity contribution in [2.75, 3.05) is 26.7 Å². The number of piperidine rings is 1. The first-order chi connectivity index (χ1) is 25.7. The molecule has 12 nitrogen and oxygen atoms in total. The second-order valence-corrected chi connectivity index (χ2v) is 16.3. The highest BCUT2D eigenvalue weighted by Crippen LogP contribution is 2.32. The molecule has 2 heterocycles. The molecule has 7 atom stereocenters. The summed E-state index contributed by atoms with van der Waals surface area (Å²) in [5.74, 6) is -2.09. The third-order valence-electron chi connectivity index (χ3n) is 10.6. The van der Waals surface area contributed by atoms with Gasteiger partial charge >= 0.3 is 5.97 Å². The minimum Gasteiger partial charge on any atom is -0.508 e. The maximum absolute atomic E-state index is 14.6. The first kappa shape index (κ1) is 44.8. The molecule has 0 bridgehead atoms. The first-order valence-corrected chi connectivity index (χ1v) is 20.8. The molecule has 1 aliphatic heterocycles. The number of aromatic hydroxyl groups is 1. The number of aliphatic carboxylic acids is 1. The Morgan fingerprint density at radius 1 is 1.02 bits per heavy atom. The van der Waals surface area contributed by atoms with E-state index in [2.05, 4.69) is 36.3 Å². The van der Waals surface area contributed by atoms with Crippen LogP contribution >= 0.6 is 11.3 Å². The van der Waals surface area contributed by atoms with Crippen LogP contribution in [0.25, 0.3) is 0 Å². The van der Waals surface area contributed by atoms with E-state index >= 15 is 0 Å². The zero-order valence-corrected chi connectivity index (χ0v) is 34.5. The number of phenolic OH excluding ortho intramolecular Hbond substituents is 1. The molecule has 4 N–H and O–H groups in total. The summed E-state index contributed by atoms with van der Waals surface area (Å²) < 4.78 is 6.41. The van der Waals surface area contributed by atoms with Gasteiger partial charge in [-0.1, -0.05) is 73.4 Å². The van der Waals surface area contributed by atoms with Gasteiger partial charge in [0.25, 0.3) is 5.91 Å². The van der Waals surface area contributed by atoms with E-state index < -0.39 is 36.0 Å². The van der Waals surface area contributed by atoms with Crippen LogP contribution in [0.15, 0.2) is 29.6 Å². The summed E-state index contributed by atoms with van der Waals surface area (Å²) >= 11 is 1.33. The van der Waals surface area contributed by atoms with Gasteiger partial charge in [-0.15, -0.1) is 11.3 Å². The van der Waals surface area contributed by atoms with E-state index in [-0.39, 0.29) is 53.6 Å². The van der Waals surface area contributed by atoms with Gasteiger partial charge in [0, 0.05) is 37.0 Å². The quantitative estimate of drug-likeness (QED) is 0.106. The molecule has 54 heavy (non-hydrogen) atoms. The van der Waals surface area contributed by atoms with Gasteiger partial charge in [-0.3, -0.25) is 24.1 Å². The molecular formula is C41H65N5O7S. The van der Waals surface area contributed by atoms with Crippen molar-refractivity contribution in [3.63, 3.8) is 0 Å². The normalized spacial score (nSPS) is 18.3. The summed E-state index contributed by atoms with van der Waals surface area (Å²) in [7, 11) is 1.97. The predicted molar refractivity (Wildman–Crippen MR) is 212 cm³/mol. The van der Waals surface area contributed by atoms with E-state index in [1.54, 1.807) is 36.6 Å². The largest absolute Gasteiger partial charge is 0.508 e. The highest BCUT2D eigenvalue weighted by atomic mass is 32.1. The number of carbonyl (C=O) groups is 4. The fraction of sp³-hybridized carbons (Fsp3) is 0.683. The molecule has 0 spiro atoms. The van der Waals surface area contributed by atoms with Crippen molar-refractivity contribution in [2.24, 2.45) is 17.8 Å². The number of amides is 3. The van der Waals surface area contributed by atoms with Gasteiger partial charge in [0.2, 0.25) is 11.8 Å². The minimum atomic E-state index is -0.947. The van der Waals surface area contributed by atoms with Gasteiger partial charge in [-0.05, 0) is 81.6 Å². The van der Waals surface area contributed by atoms with Gasteiger partial charge in [0.05, 0.1) is 12.0 Å². The Balaban J connectivity index is 1.86. The molecule has 2 aromatic rings. The van der Waals surface area contributed by atoms with Crippen molar-refractivity contribution >= 4 is 35.0 Å². The van der Waals surface area contributed by atoms with Crippen LogP contribution in [0.5, 0.6) is 5.75 Å². The number of benzene rings is 1. The highest BCUT2D eigenvalue weighted by Gasteiger charge is 2.38. The van der Waals surface area contributed by atoms with Crippen LogP contribution in [0.1, 0.15) is 127 Å². The third kappa shape index (κ3) is 13.0. The van der Waals surface area contributed by atoms with Crippen molar-refractivity contribution in [3.8, 4) is 5.75 Å². The number of hydrogen-bond acceptors (Lipinski definition) is 9. The third-order valence-corrected chi connectivity index (χ3v) is 11.5. The Labute approximate surface area is 326 Å². The second kappa shape index (κ2) is 22.1. The van der Waals surface area contributed by atoms with Gasteiger partial charge in [0.15, 0.2) is 0 Å². The van der Waals surface area contributed by atoms with Crippen LogP contribution in [0.2, 0.25) is 0 Å². The molecule has 1 aliphatic rings. The maximum atomic E-state index is 14.6. The number of rotatable bonds is 22. The lowest BCUT2D eigenvalue weighted by Crippen LogP contribution is -2.58. The molecule has 1 fully saturated rings. The molecule has 0 saturated carbocycles. The number of aromatic nitrogens is 1. The molecule has 0 aliphatic carbocycles. The summed E-state index contributed by atoms with van der Waals surface area (Å²) in [6, 6.07) is 5.02. The number of carbonyl (C=O) groups excluding carboxylic acids is 3. The van der Waals surface area contributed by atoms with Gasteiger partial charge in [0.1, 0.15) is 28.6 Å². The second-order valence-electron chi connectivity index (χ2n) is 15.4. The molecule has 13 heteroatoms. The average Bonchev–Trinajstić information content (AvgIpc) is 3.64. The highest BCUT2D eigenvalue weighted by molar-refractivity contribution is 7.09. The number of carboxylic acids is 1. The molecule has 1 unspecified atom stereocenters. The lowest BCUT2D eigenvalue weighted by atomic mass is 9.92. The zero-order chi connectivity index (χ0) is 39.9. The molecule has 1 saturated heterocycles. The lowest BCUT2D eigenvalue weighted by Gasteiger charge is -2.40. The molecule has 3 amide bonds.